The Labute approximate surface area is 158 Å². The minimum Gasteiger partial charge on any atom is -0.480 e. The second-order valence-corrected chi connectivity index (χ2v) is 6.75. The summed E-state index contributed by atoms with van der Waals surface area (Å²) in [6.45, 7) is 4.49. The van der Waals surface area contributed by atoms with Crippen LogP contribution < -0.4 is 10.2 Å². The lowest BCUT2D eigenvalue weighted by Crippen LogP contribution is -2.40. The summed E-state index contributed by atoms with van der Waals surface area (Å²) < 4.78 is 5.40. The van der Waals surface area contributed by atoms with Crippen LogP contribution in [0.4, 0.5) is 5.69 Å². The highest BCUT2D eigenvalue weighted by atomic mass is 16.4. The first-order valence-corrected chi connectivity index (χ1v) is 9.07. The highest BCUT2D eigenvalue weighted by Gasteiger charge is 2.28. The van der Waals surface area contributed by atoms with E-state index < -0.39 is 17.9 Å². The van der Waals surface area contributed by atoms with Crippen LogP contribution in [0.3, 0.4) is 0 Å². The molecule has 27 heavy (non-hydrogen) atoms. The van der Waals surface area contributed by atoms with Gasteiger partial charge in [-0.2, -0.15) is 0 Å². The van der Waals surface area contributed by atoms with Crippen LogP contribution in [0.25, 0.3) is 0 Å². The molecule has 0 aliphatic carbocycles. The van der Waals surface area contributed by atoms with Crippen molar-refractivity contribution in [2.75, 3.05) is 4.90 Å². The smallest absolute Gasteiger partial charge is 0.326 e. The summed E-state index contributed by atoms with van der Waals surface area (Å²) in [4.78, 5) is 26.2. The van der Waals surface area contributed by atoms with Gasteiger partial charge in [-0.05, 0) is 44.4 Å². The Bertz CT molecular complexity index is 855. The summed E-state index contributed by atoms with van der Waals surface area (Å²) in [6, 6.07) is 9.33. The number of amides is 1. The maximum atomic E-state index is 12.6. The van der Waals surface area contributed by atoms with Crippen molar-refractivity contribution in [2.45, 2.75) is 45.3 Å². The largest absolute Gasteiger partial charge is 0.480 e. The van der Waals surface area contributed by atoms with Gasteiger partial charge in [-0.3, -0.25) is 4.79 Å². The average Bonchev–Trinajstić information content (AvgIpc) is 3.23. The fraction of sp³-hybridized carbons (Fsp3) is 0.333. The van der Waals surface area contributed by atoms with Crippen molar-refractivity contribution in [1.29, 1.82) is 0 Å². The first kappa shape index (κ1) is 18.8. The molecule has 0 bridgehead atoms. The number of rotatable bonds is 7. The molecular formula is C21H24N2O4. The maximum absolute atomic E-state index is 12.6. The minimum atomic E-state index is -1.07. The number of carboxylic acid groups (broad SMARTS) is 1. The Morgan fingerprint density at radius 2 is 2.15 bits per heavy atom. The lowest BCUT2D eigenvalue weighted by atomic mass is 10.1. The first-order valence-electron chi connectivity index (χ1n) is 9.07. The molecule has 6 heteroatoms. The molecule has 1 aromatic heterocycles. The zero-order valence-corrected chi connectivity index (χ0v) is 15.5. The minimum absolute atomic E-state index is 0.165. The zero-order valence-electron chi connectivity index (χ0n) is 15.5. The van der Waals surface area contributed by atoms with Crippen molar-refractivity contribution in [3.63, 3.8) is 0 Å². The van der Waals surface area contributed by atoms with Crippen LogP contribution in [0.1, 0.15) is 41.9 Å². The van der Waals surface area contributed by atoms with Crippen molar-refractivity contribution in [2.24, 2.45) is 0 Å². The Kier molecular flexibility index (Phi) is 5.64. The van der Waals surface area contributed by atoms with Crippen molar-refractivity contribution in [3.05, 3.63) is 65.6 Å². The number of nitrogens with zero attached hydrogens (tertiary/aromatic N) is 1. The molecule has 1 aliphatic heterocycles. The Balaban J connectivity index is 1.76. The van der Waals surface area contributed by atoms with Crippen LogP contribution in [-0.4, -0.2) is 29.1 Å². The van der Waals surface area contributed by atoms with E-state index >= 15 is 0 Å². The van der Waals surface area contributed by atoms with E-state index in [0.717, 1.165) is 17.7 Å². The Hall–Kier alpha value is -3.02. The lowest BCUT2D eigenvalue weighted by molar-refractivity contribution is -0.139. The molecule has 6 nitrogen and oxygen atoms in total. The average molecular weight is 368 g/mol. The number of allylic oxidation sites excluding steroid dienone is 1. The summed E-state index contributed by atoms with van der Waals surface area (Å²) in [5.74, 6) is -1.41. The summed E-state index contributed by atoms with van der Waals surface area (Å²) in [5.41, 5.74) is 3.19. The lowest BCUT2D eigenvalue weighted by Gasteiger charge is -2.24. The normalized spacial score (nSPS) is 17.1. The van der Waals surface area contributed by atoms with Gasteiger partial charge in [-0.25, -0.2) is 4.79 Å². The molecule has 0 saturated carbocycles. The predicted octanol–water partition coefficient (Wildman–Crippen LogP) is 3.38. The monoisotopic (exact) mass is 368 g/mol. The van der Waals surface area contributed by atoms with E-state index in [4.69, 9.17) is 4.42 Å². The maximum Gasteiger partial charge on any atom is 0.326 e. The van der Waals surface area contributed by atoms with E-state index in [9.17, 15) is 14.7 Å². The topological polar surface area (TPSA) is 82.8 Å². The molecule has 1 aliphatic rings. The molecule has 2 heterocycles. The van der Waals surface area contributed by atoms with Crippen molar-refractivity contribution in [1.82, 2.24) is 5.32 Å². The van der Waals surface area contributed by atoms with E-state index in [0.29, 0.717) is 12.6 Å². The van der Waals surface area contributed by atoms with Crippen LogP contribution in [0.2, 0.25) is 0 Å². The molecule has 0 fully saturated rings. The second-order valence-electron chi connectivity index (χ2n) is 6.75. The Morgan fingerprint density at radius 1 is 1.37 bits per heavy atom. The van der Waals surface area contributed by atoms with Gasteiger partial charge in [-0.15, -0.1) is 0 Å². The number of anilines is 1. The second kappa shape index (κ2) is 8.12. The molecule has 2 unspecified atom stereocenters. The molecule has 0 radical (unpaired) electrons. The van der Waals surface area contributed by atoms with Gasteiger partial charge in [0.1, 0.15) is 6.04 Å². The number of para-hydroxylation sites is 1. The van der Waals surface area contributed by atoms with E-state index in [1.54, 1.807) is 25.1 Å². The van der Waals surface area contributed by atoms with Crippen LogP contribution >= 0.6 is 0 Å². The zero-order chi connectivity index (χ0) is 19.4. The molecule has 2 N–H and O–H groups in total. The third-order valence-corrected chi connectivity index (χ3v) is 4.85. The molecule has 1 amide bonds. The fourth-order valence-corrected chi connectivity index (χ4v) is 3.43. The highest BCUT2D eigenvalue weighted by Crippen LogP contribution is 2.33. The number of aliphatic carboxylic acids is 1. The number of hydrogen-bond donors (Lipinski definition) is 2. The van der Waals surface area contributed by atoms with Crippen LogP contribution in [0.15, 0.2) is 53.2 Å². The van der Waals surface area contributed by atoms with E-state index in [1.165, 1.54) is 11.8 Å². The first-order chi connectivity index (χ1) is 13.0. The summed E-state index contributed by atoms with van der Waals surface area (Å²) >= 11 is 0. The molecule has 1 aromatic carbocycles. The van der Waals surface area contributed by atoms with Gasteiger partial charge >= 0.3 is 5.97 Å². The van der Waals surface area contributed by atoms with E-state index in [1.807, 2.05) is 12.1 Å². The highest BCUT2D eigenvalue weighted by molar-refractivity contribution is 5.95. The van der Waals surface area contributed by atoms with Gasteiger partial charge in [0.05, 0.1) is 6.26 Å². The van der Waals surface area contributed by atoms with Gasteiger partial charge in [0.25, 0.3) is 5.91 Å². The number of carbonyl (C=O) groups excluding carboxylic acids is 1. The number of carbonyl (C=O) groups is 2. The van der Waals surface area contributed by atoms with Gasteiger partial charge < -0.3 is 19.7 Å². The number of furan rings is 1. The summed E-state index contributed by atoms with van der Waals surface area (Å²) in [6.07, 6.45) is 6.13. The van der Waals surface area contributed by atoms with Gasteiger partial charge in [0.2, 0.25) is 0 Å². The van der Waals surface area contributed by atoms with Crippen LogP contribution in [-0.2, 0) is 17.8 Å². The van der Waals surface area contributed by atoms with Crippen LogP contribution in [0, 0.1) is 0 Å². The molecule has 2 atom stereocenters. The predicted molar refractivity (Wildman–Crippen MR) is 103 cm³/mol. The SMILES string of the molecule is C/C=C/CC(NC(=O)c1occc1CN1c2ccccc2CC1C)C(=O)O. The van der Waals surface area contributed by atoms with Crippen molar-refractivity contribution >= 4 is 17.6 Å². The van der Waals surface area contributed by atoms with Crippen molar-refractivity contribution in [3.8, 4) is 0 Å². The van der Waals surface area contributed by atoms with Crippen molar-refractivity contribution < 1.29 is 19.1 Å². The molecular weight excluding hydrogens is 344 g/mol. The number of nitrogens with one attached hydrogen (secondary N) is 1. The quantitative estimate of drug-likeness (QED) is 0.732. The molecule has 0 spiro atoms. The third kappa shape index (κ3) is 4.05. The molecule has 3 rings (SSSR count). The van der Waals surface area contributed by atoms with Crippen LogP contribution in [0.5, 0.6) is 0 Å². The number of carboxylic acids is 1. The summed E-state index contributed by atoms with van der Waals surface area (Å²) in [7, 11) is 0. The van der Waals surface area contributed by atoms with E-state index in [-0.39, 0.29) is 12.2 Å². The number of fused-ring (bicyclic) bond motifs is 1. The fourth-order valence-electron chi connectivity index (χ4n) is 3.43. The number of benzene rings is 1. The van der Waals surface area contributed by atoms with Gasteiger partial charge in [0.15, 0.2) is 5.76 Å². The molecule has 142 valence electrons. The third-order valence-electron chi connectivity index (χ3n) is 4.85. The van der Waals surface area contributed by atoms with Gasteiger partial charge in [0, 0.05) is 23.8 Å². The molecule has 0 saturated heterocycles. The standard InChI is InChI=1S/C21H24N2O4/c1-3-4-8-17(21(25)26)22-20(24)19-16(10-11-27-19)13-23-14(2)12-15-7-5-6-9-18(15)23/h3-7,9-11,14,17H,8,12-13H2,1-2H3,(H,22,24)(H,25,26)/b4-3+. The van der Waals surface area contributed by atoms with E-state index in [2.05, 4.69) is 29.3 Å². The summed E-state index contributed by atoms with van der Waals surface area (Å²) in [5, 5.41) is 11.8. The number of hydrogen-bond acceptors (Lipinski definition) is 4. The van der Waals surface area contributed by atoms with Gasteiger partial charge in [-0.1, -0.05) is 30.4 Å². The molecule has 2 aromatic rings. The Morgan fingerprint density at radius 3 is 2.89 bits per heavy atom.